The van der Waals surface area contributed by atoms with Crippen molar-refractivity contribution in [2.45, 2.75) is 45.7 Å². The van der Waals surface area contributed by atoms with E-state index in [-0.39, 0.29) is 5.41 Å². The van der Waals surface area contributed by atoms with Crippen molar-refractivity contribution < 1.29 is 0 Å². The van der Waals surface area contributed by atoms with E-state index >= 15 is 0 Å². The molecule has 0 fully saturated rings. The van der Waals surface area contributed by atoms with Crippen LogP contribution in [0.3, 0.4) is 0 Å². The van der Waals surface area contributed by atoms with Gasteiger partial charge in [-0.1, -0.05) is 26.8 Å². The number of thiophene rings is 1. The van der Waals surface area contributed by atoms with Crippen LogP contribution in [0.25, 0.3) is 0 Å². The highest BCUT2D eigenvalue weighted by atomic mass is 32.1. The molecule has 1 unspecified atom stereocenters. The predicted molar refractivity (Wildman–Crippen MR) is 80.4 cm³/mol. The smallest absolute Gasteiger partial charge is 0.107 e. The maximum absolute atomic E-state index is 4.69. The minimum atomic E-state index is 0.147. The van der Waals surface area contributed by atoms with Gasteiger partial charge in [-0.3, -0.25) is 0 Å². The lowest BCUT2D eigenvalue weighted by Crippen LogP contribution is -2.17. The quantitative estimate of drug-likeness (QED) is 0.900. The van der Waals surface area contributed by atoms with Gasteiger partial charge in [0.2, 0.25) is 0 Å². The van der Waals surface area contributed by atoms with E-state index in [0.29, 0.717) is 6.04 Å². The lowest BCUT2D eigenvalue weighted by Gasteiger charge is -2.14. The Morgan fingerprint density at radius 1 is 1.33 bits per heavy atom. The molecule has 0 radical (unpaired) electrons. The first kappa shape index (κ1) is 13.7. The molecule has 1 atom stereocenters. The highest BCUT2D eigenvalue weighted by molar-refractivity contribution is 7.10. The standard InChI is InChI=1S/C14H20N2S2/c1-10(11-6-5-7-17-11)15-8-13-16-12(9-18-13)14(2,3)4/h5-7,9-10,15H,8H2,1-4H3. The van der Waals surface area contributed by atoms with E-state index in [9.17, 15) is 0 Å². The van der Waals surface area contributed by atoms with Crippen molar-refractivity contribution in [2.24, 2.45) is 0 Å². The number of rotatable bonds is 4. The molecule has 0 spiro atoms. The molecule has 2 rings (SSSR count). The lowest BCUT2D eigenvalue weighted by atomic mass is 9.93. The third-order valence-corrected chi connectivity index (χ3v) is 4.75. The van der Waals surface area contributed by atoms with Gasteiger partial charge in [0, 0.05) is 28.3 Å². The van der Waals surface area contributed by atoms with Gasteiger partial charge < -0.3 is 5.32 Å². The van der Waals surface area contributed by atoms with Crippen LogP contribution in [-0.4, -0.2) is 4.98 Å². The highest BCUT2D eigenvalue weighted by Crippen LogP contribution is 2.24. The van der Waals surface area contributed by atoms with E-state index in [1.54, 1.807) is 22.7 Å². The molecule has 2 aromatic heterocycles. The molecule has 0 saturated heterocycles. The molecule has 2 aromatic rings. The second-order valence-electron chi connectivity index (χ2n) is 5.49. The zero-order chi connectivity index (χ0) is 13.2. The molecule has 2 heterocycles. The van der Waals surface area contributed by atoms with Gasteiger partial charge in [-0.05, 0) is 18.4 Å². The fourth-order valence-corrected chi connectivity index (χ4v) is 3.35. The van der Waals surface area contributed by atoms with Crippen LogP contribution < -0.4 is 5.32 Å². The first-order valence-corrected chi connectivity index (χ1v) is 7.94. The van der Waals surface area contributed by atoms with Crippen LogP contribution in [0.2, 0.25) is 0 Å². The Morgan fingerprint density at radius 2 is 2.11 bits per heavy atom. The van der Waals surface area contributed by atoms with Gasteiger partial charge in [-0.25, -0.2) is 4.98 Å². The van der Waals surface area contributed by atoms with Crippen LogP contribution in [-0.2, 0) is 12.0 Å². The Labute approximate surface area is 117 Å². The van der Waals surface area contributed by atoms with Crippen LogP contribution in [0, 0.1) is 0 Å². The Hall–Kier alpha value is -0.710. The molecule has 4 heteroatoms. The van der Waals surface area contributed by atoms with Crippen molar-refractivity contribution in [3.8, 4) is 0 Å². The van der Waals surface area contributed by atoms with E-state index in [0.717, 1.165) is 6.54 Å². The van der Waals surface area contributed by atoms with Gasteiger partial charge in [-0.15, -0.1) is 22.7 Å². The average Bonchev–Trinajstić information content (AvgIpc) is 2.96. The van der Waals surface area contributed by atoms with Crippen LogP contribution in [0.4, 0.5) is 0 Å². The third kappa shape index (κ3) is 3.40. The van der Waals surface area contributed by atoms with E-state index in [4.69, 9.17) is 4.98 Å². The van der Waals surface area contributed by atoms with E-state index in [1.807, 2.05) is 0 Å². The van der Waals surface area contributed by atoms with Crippen molar-refractivity contribution in [1.82, 2.24) is 10.3 Å². The summed E-state index contributed by atoms with van der Waals surface area (Å²) in [7, 11) is 0. The maximum Gasteiger partial charge on any atom is 0.107 e. The summed E-state index contributed by atoms with van der Waals surface area (Å²) in [4.78, 5) is 6.07. The highest BCUT2D eigenvalue weighted by Gasteiger charge is 2.17. The fourth-order valence-electron chi connectivity index (χ4n) is 1.62. The molecule has 0 bridgehead atoms. The van der Waals surface area contributed by atoms with E-state index in [1.165, 1.54) is 15.6 Å². The Bertz CT molecular complexity index is 480. The second kappa shape index (κ2) is 5.51. The molecule has 0 aliphatic carbocycles. The van der Waals surface area contributed by atoms with Crippen molar-refractivity contribution in [3.05, 3.63) is 38.5 Å². The average molecular weight is 280 g/mol. The van der Waals surface area contributed by atoms with Crippen LogP contribution >= 0.6 is 22.7 Å². The first-order valence-electron chi connectivity index (χ1n) is 6.18. The number of hydrogen-bond donors (Lipinski definition) is 1. The summed E-state index contributed by atoms with van der Waals surface area (Å²) in [5, 5.41) is 8.99. The van der Waals surface area contributed by atoms with E-state index < -0.39 is 0 Å². The molecule has 1 N–H and O–H groups in total. The number of thiazole rings is 1. The Balaban J connectivity index is 1.93. The van der Waals surface area contributed by atoms with Crippen molar-refractivity contribution in [2.75, 3.05) is 0 Å². The molecule has 0 aromatic carbocycles. The topological polar surface area (TPSA) is 24.9 Å². The monoisotopic (exact) mass is 280 g/mol. The molecule has 0 saturated carbocycles. The maximum atomic E-state index is 4.69. The normalized spacial score (nSPS) is 13.8. The molecule has 0 aliphatic heterocycles. The minimum absolute atomic E-state index is 0.147. The number of nitrogens with zero attached hydrogens (tertiary/aromatic N) is 1. The second-order valence-corrected chi connectivity index (χ2v) is 7.42. The van der Waals surface area contributed by atoms with Crippen molar-refractivity contribution >= 4 is 22.7 Å². The molecule has 98 valence electrons. The summed E-state index contributed by atoms with van der Waals surface area (Å²) in [5.41, 5.74) is 1.33. The van der Waals surface area contributed by atoms with E-state index in [2.05, 4.69) is 55.9 Å². The van der Waals surface area contributed by atoms with Crippen LogP contribution in [0.1, 0.15) is 49.3 Å². The summed E-state index contributed by atoms with van der Waals surface area (Å²) >= 11 is 3.54. The first-order chi connectivity index (χ1) is 8.47. The molecule has 0 amide bonds. The third-order valence-electron chi connectivity index (χ3n) is 2.85. The van der Waals surface area contributed by atoms with Gasteiger partial charge in [-0.2, -0.15) is 0 Å². The SMILES string of the molecule is CC(NCc1nc(C(C)(C)C)cs1)c1cccs1. The zero-order valence-electron chi connectivity index (χ0n) is 11.4. The van der Waals surface area contributed by atoms with Crippen LogP contribution in [0.15, 0.2) is 22.9 Å². The van der Waals surface area contributed by atoms with Gasteiger partial charge in [0.25, 0.3) is 0 Å². The molecular formula is C14H20N2S2. The predicted octanol–water partition coefficient (Wildman–Crippen LogP) is 4.35. The largest absolute Gasteiger partial charge is 0.303 e. The number of nitrogens with one attached hydrogen (secondary N) is 1. The molecular weight excluding hydrogens is 260 g/mol. The molecule has 0 aliphatic rings. The Morgan fingerprint density at radius 3 is 2.67 bits per heavy atom. The van der Waals surface area contributed by atoms with Crippen LogP contribution in [0.5, 0.6) is 0 Å². The summed E-state index contributed by atoms with van der Waals surface area (Å²) in [5.74, 6) is 0. The minimum Gasteiger partial charge on any atom is -0.303 e. The van der Waals surface area contributed by atoms with Gasteiger partial charge in [0.05, 0.1) is 5.69 Å². The number of hydrogen-bond acceptors (Lipinski definition) is 4. The summed E-state index contributed by atoms with van der Waals surface area (Å²) in [6, 6.07) is 4.66. The van der Waals surface area contributed by atoms with Crippen molar-refractivity contribution in [1.29, 1.82) is 0 Å². The van der Waals surface area contributed by atoms with Gasteiger partial charge in [0.15, 0.2) is 0 Å². The summed E-state index contributed by atoms with van der Waals surface area (Å²) in [6.07, 6.45) is 0. The summed E-state index contributed by atoms with van der Waals surface area (Å²) < 4.78 is 0. The number of aromatic nitrogens is 1. The summed E-state index contributed by atoms with van der Waals surface area (Å²) in [6.45, 7) is 9.65. The molecule has 2 nitrogen and oxygen atoms in total. The Kier molecular flexibility index (Phi) is 4.20. The molecule has 18 heavy (non-hydrogen) atoms. The lowest BCUT2D eigenvalue weighted by molar-refractivity contribution is 0.557. The van der Waals surface area contributed by atoms with Gasteiger partial charge in [0.1, 0.15) is 5.01 Å². The zero-order valence-corrected chi connectivity index (χ0v) is 13.0. The van der Waals surface area contributed by atoms with Crippen molar-refractivity contribution in [3.63, 3.8) is 0 Å². The fraction of sp³-hybridized carbons (Fsp3) is 0.500. The van der Waals surface area contributed by atoms with Gasteiger partial charge >= 0.3 is 0 Å².